The highest BCUT2D eigenvalue weighted by molar-refractivity contribution is 5.96. The summed E-state index contributed by atoms with van der Waals surface area (Å²) in [5.41, 5.74) is 0.0649. The maximum absolute atomic E-state index is 12.0. The Morgan fingerprint density at radius 2 is 1.73 bits per heavy atom. The number of anilines is 1. The van der Waals surface area contributed by atoms with Crippen molar-refractivity contribution in [2.24, 2.45) is 0 Å². The van der Waals surface area contributed by atoms with Gasteiger partial charge in [0.15, 0.2) is 0 Å². The number of carbonyl (C=O) groups excluding carboxylic acids is 1. The monoisotopic (exact) mass is 219 g/mol. The lowest BCUT2D eigenvalue weighted by molar-refractivity contribution is -0.170. The standard InChI is InChI=1S/C9H8F3NO2/c1-13(8(15)9(10,11)12)6-2-4-7(14)5-3-6/h2-5,14H,1H3. The lowest BCUT2D eigenvalue weighted by Crippen LogP contribution is -2.38. The zero-order valence-corrected chi connectivity index (χ0v) is 7.75. The Labute approximate surface area is 83.7 Å². The largest absolute Gasteiger partial charge is 0.508 e. The normalized spacial score (nSPS) is 11.2. The topological polar surface area (TPSA) is 40.5 Å². The van der Waals surface area contributed by atoms with Crippen LogP contribution in [-0.4, -0.2) is 24.2 Å². The Morgan fingerprint density at radius 3 is 2.13 bits per heavy atom. The molecule has 0 unspecified atom stereocenters. The second-order valence-corrected chi connectivity index (χ2v) is 2.88. The summed E-state index contributed by atoms with van der Waals surface area (Å²) < 4.78 is 36.1. The first-order valence-electron chi connectivity index (χ1n) is 3.96. The van der Waals surface area contributed by atoms with Crippen LogP contribution >= 0.6 is 0 Å². The van der Waals surface area contributed by atoms with Gasteiger partial charge in [0.1, 0.15) is 5.75 Å². The molecule has 1 amide bonds. The van der Waals surface area contributed by atoms with Crippen molar-refractivity contribution >= 4 is 11.6 Å². The van der Waals surface area contributed by atoms with E-state index in [1.54, 1.807) is 0 Å². The second-order valence-electron chi connectivity index (χ2n) is 2.88. The zero-order valence-electron chi connectivity index (χ0n) is 7.75. The SMILES string of the molecule is CN(C(=O)C(F)(F)F)c1ccc(O)cc1. The Balaban J connectivity index is 2.90. The summed E-state index contributed by atoms with van der Waals surface area (Å²) in [6.07, 6.45) is -4.90. The average Bonchev–Trinajstić information content (AvgIpc) is 2.15. The molecule has 0 bridgehead atoms. The Kier molecular flexibility index (Phi) is 2.88. The van der Waals surface area contributed by atoms with Gasteiger partial charge in [0.05, 0.1) is 0 Å². The highest BCUT2D eigenvalue weighted by Gasteiger charge is 2.41. The maximum Gasteiger partial charge on any atom is 0.471 e. The van der Waals surface area contributed by atoms with Gasteiger partial charge in [-0.05, 0) is 24.3 Å². The Morgan fingerprint density at radius 1 is 1.27 bits per heavy atom. The van der Waals surface area contributed by atoms with E-state index in [2.05, 4.69) is 0 Å². The van der Waals surface area contributed by atoms with Crippen LogP contribution in [0.15, 0.2) is 24.3 Å². The van der Waals surface area contributed by atoms with Crippen molar-refractivity contribution in [3.8, 4) is 5.75 Å². The molecular formula is C9H8F3NO2. The quantitative estimate of drug-likeness (QED) is 0.783. The first-order chi connectivity index (χ1) is 6.82. The number of aromatic hydroxyl groups is 1. The van der Waals surface area contributed by atoms with Gasteiger partial charge in [0, 0.05) is 12.7 Å². The van der Waals surface area contributed by atoms with E-state index < -0.39 is 12.1 Å². The number of alkyl halides is 3. The molecule has 0 aromatic heterocycles. The van der Waals surface area contributed by atoms with Crippen LogP contribution in [0.3, 0.4) is 0 Å². The molecule has 3 nitrogen and oxygen atoms in total. The van der Waals surface area contributed by atoms with Crippen LogP contribution < -0.4 is 4.90 Å². The summed E-state index contributed by atoms with van der Waals surface area (Å²) in [5, 5.41) is 8.91. The second kappa shape index (κ2) is 3.80. The van der Waals surface area contributed by atoms with Gasteiger partial charge in [0.25, 0.3) is 0 Å². The summed E-state index contributed by atoms with van der Waals surface area (Å²) in [6, 6.07) is 4.85. The predicted molar refractivity (Wildman–Crippen MR) is 47.6 cm³/mol. The van der Waals surface area contributed by atoms with Crippen molar-refractivity contribution in [1.29, 1.82) is 0 Å². The summed E-state index contributed by atoms with van der Waals surface area (Å²) in [4.78, 5) is 11.3. The van der Waals surface area contributed by atoms with Crippen LogP contribution in [0.2, 0.25) is 0 Å². The third-order valence-electron chi connectivity index (χ3n) is 1.78. The van der Waals surface area contributed by atoms with E-state index in [4.69, 9.17) is 5.11 Å². The summed E-state index contributed by atoms with van der Waals surface area (Å²) >= 11 is 0. The van der Waals surface area contributed by atoms with Crippen LogP contribution in [0, 0.1) is 0 Å². The lowest BCUT2D eigenvalue weighted by atomic mass is 10.3. The highest BCUT2D eigenvalue weighted by atomic mass is 19.4. The average molecular weight is 219 g/mol. The molecule has 0 aliphatic heterocycles. The molecule has 0 fully saturated rings. The van der Waals surface area contributed by atoms with Crippen molar-refractivity contribution in [2.75, 3.05) is 11.9 Å². The fourth-order valence-electron chi connectivity index (χ4n) is 0.984. The van der Waals surface area contributed by atoms with Crippen molar-refractivity contribution in [3.63, 3.8) is 0 Å². The van der Waals surface area contributed by atoms with Crippen LogP contribution in [-0.2, 0) is 4.79 Å². The van der Waals surface area contributed by atoms with Crippen LogP contribution in [0.1, 0.15) is 0 Å². The number of amides is 1. The van der Waals surface area contributed by atoms with Gasteiger partial charge in [0.2, 0.25) is 0 Å². The summed E-state index contributed by atoms with van der Waals surface area (Å²) in [5.74, 6) is -2.03. The zero-order chi connectivity index (χ0) is 11.6. The van der Waals surface area contributed by atoms with Crippen molar-refractivity contribution in [1.82, 2.24) is 0 Å². The summed E-state index contributed by atoms with van der Waals surface area (Å²) in [6.45, 7) is 0. The smallest absolute Gasteiger partial charge is 0.471 e. The molecule has 1 aromatic rings. The van der Waals surface area contributed by atoms with Gasteiger partial charge in [-0.15, -0.1) is 0 Å². The van der Waals surface area contributed by atoms with E-state index in [1.165, 1.54) is 24.3 Å². The first-order valence-corrected chi connectivity index (χ1v) is 3.96. The number of nitrogens with zero attached hydrogens (tertiary/aromatic N) is 1. The van der Waals surface area contributed by atoms with Gasteiger partial charge in [-0.25, -0.2) is 0 Å². The first kappa shape index (κ1) is 11.4. The molecule has 0 saturated heterocycles. The fraction of sp³-hybridized carbons (Fsp3) is 0.222. The van der Waals surface area contributed by atoms with Gasteiger partial charge >= 0.3 is 12.1 Å². The third kappa shape index (κ3) is 2.61. The van der Waals surface area contributed by atoms with Crippen molar-refractivity contribution in [3.05, 3.63) is 24.3 Å². The van der Waals surface area contributed by atoms with Gasteiger partial charge < -0.3 is 10.0 Å². The van der Waals surface area contributed by atoms with Gasteiger partial charge in [-0.3, -0.25) is 4.79 Å². The molecule has 1 rings (SSSR count). The minimum atomic E-state index is -4.90. The van der Waals surface area contributed by atoms with Crippen molar-refractivity contribution in [2.45, 2.75) is 6.18 Å². The molecule has 0 heterocycles. The number of carbonyl (C=O) groups is 1. The molecule has 0 radical (unpaired) electrons. The summed E-state index contributed by atoms with van der Waals surface area (Å²) in [7, 11) is 1.02. The molecule has 0 aliphatic carbocycles. The maximum atomic E-state index is 12.0. The molecule has 1 N–H and O–H groups in total. The Bertz CT molecular complexity index is 359. The minimum absolute atomic E-state index is 0.0649. The number of hydrogen-bond donors (Lipinski definition) is 1. The van der Waals surface area contributed by atoms with E-state index in [9.17, 15) is 18.0 Å². The van der Waals surface area contributed by atoms with E-state index in [-0.39, 0.29) is 11.4 Å². The Hall–Kier alpha value is -1.72. The molecule has 82 valence electrons. The molecule has 1 aromatic carbocycles. The number of benzene rings is 1. The molecule has 0 saturated carbocycles. The molecule has 0 spiro atoms. The molecule has 0 aliphatic rings. The third-order valence-corrected chi connectivity index (χ3v) is 1.78. The van der Waals surface area contributed by atoms with E-state index in [1.807, 2.05) is 0 Å². The van der Waals surface area contributed by atoms with Gasteiger partial charge in [-0.1, -0.05) is 0 Å². The number of phenolic OH excluding ortho intramolecular Hbond substituents is 1. The fourth-order valence-corrected chi connectivity index (χ4v) is 0.984. The molecule has 0 atom stereocenters. The van der Waals surface area contributed by atoms with Crippen molar-refractivity contribution < 1.29 is 23.1 Å². The van der Waals surface area contributed by atoms with Gasteiger partial charge in [-0.2, -0.15) is 13.2 Å². The lowest BCUT2D eigenvalue weighted by Gasteiger charge is -2.18. The van der Waals surface area contributed by atoms with E-state index >= 15 is 0 Å². The predicted octanol–water partition coefficient (Wildman–Crippen LogP) is 1.92. The number of halogens is 3. The molecule has 6 heteroatoms. The number of rotatable bonds is 1. The molecular weight excluding hydrogens is 211 g/mol. The van der Waals surface area contributed by atoms with E-state index in [0.29, 0.717) is 4.90 Å². The van der Waals surface area contributed by atoms with Crippen LogP contribution in [0.25, 0.3) is 0 Å². The number of phenols is 1. The van der Waals surface area contributed by atoms with Crippen LogP contribution in [0.4, 0.5) is 18.9 Å². The minimum Gasteiger partial charge on any atom is -0.508 e. The highest BCUT2D eigenvalue weighted by Crippen LogP contribution is 2.23. The number of hydrogen-bond acceptors (Lipinski definition) is 2. The van der Waals surface area contributed by atoms with E-state index in [0.717, 1.165) is 7.05 Å². The van der Waals surface area contributed by atoms with Crippen LogP contribution in [0.5, 0.6) is 5.75 Å². The molecule has 15 heavy (non-hydrogen) atoms.